The molecular weight excluding hydrogens is 202 g/mol. The zero-order chi connectivity index (χ0) is 11.4. The standard InChI is InChI=1S/C12H13N3O/c1-15-12(6-7-14-15)11-4-2-10(3-5-11)8-13-9-16/h2-7,9H,8H2,1H3,(H,13,16). The molecule has 16 heavy (non-hydrogen) atoms. The summed E-state index contributed by atoms with van der Waals surface area (Å²) in [4.78, 5) is 10.2. The van der Waals surface area contributed by atoms with Gasteiger partial charge in [-0.25, -0.2) is 0 Å². The zero-order valence-electron chi connectivity index (χ0n) is 9.05. The van der Waals surface area contributed by atoms with Crippen LogP contribution in [-0.2, 0) is 18.4 Å². The zero-order valence-corrected chi connectivity index (χ0v) is 9.05. The third-order valence-electron chi connectivity index (χ3n) is 2.46. The average Bonchev–Trinajstić information content (AvgIpc) is 2.74. The predicted molar refractivity (Wildman–Crippen MR) is 61.5 cm³/mol. The fourth-order valence-corrected chi connectivity index (χ4v) is 1.61. The van der Waals surface area contributed by atoms with Gasteiger partial charge in [-0.2, -0.15) is 5.10 Å². The predicted octanol–water partition coefficient (Wildman–Crippen LogP) is 1.33. The van der Waals surface area contributed by atoms with E-state index in [0.29, 0.717) is 13.0 Å². The smallest absolute Gasteiger partial charge is 0.207 e. The van der Waals surface area contributed by atoms with Crippen LogP contribution in [0.1, 0.15) is 5.56 Å². The maximum absolute atomic E-state index is 10.2. The van der Waals surface area contributed by atoms with Gasteiger partial charge in [0.1, 0.15) is 0 Å². The van der Waals surface area contributed by atoms with Crippen molar-refractivity contribution in [1.29, 1.82) is 0 Å². The minimum Gasteiger partial charge on any atom is -0.355 e. The fraction of sp³-hybridized carbons (Fsp3) is 0.167. The van der Waals surface area contributed by atoms with Crippen LogP contribution in [0.25, 0.3) is 11.3 Å². The van der Waals surface area contributed by atoms with Gasteiger partial charge in [-0.05, 0) is 17.2 Å². The molecule has 82 valence electrons. The molecule has 0 atom stereocenters. The van der Waals surface area contributed by atoms with Crippen molar-refractivity contribution < 1.29 is 4.79 Å². The summed E-state index contributed by atoms with van der Waals surface area (Å²) in [6.45, 7) is 0.565. The lowest BCUT2D eigenvalue weighted by Gasteiger charge is -2.04. The normalized spacial score (nSPS) is 10.1. The first-order chi connectivity index (χ1) is 7.81. The molecule has 2 rings (SSSR count). The van der Waals surface area contributed by atoms with E-state index < -0.39 is 0 Å². The van der Waals surface area contributed by atoms with Crippen LogP contribution in [0.2, 0.25) is 0 Å². The maximum Gasteiger partial charge on any atom is 0.207 e. The van der Waals surface area contributed by atoms with Gasteiger partial charge in [0.25, 0.3) is 0 Å². The van der Waals surface area contributed by atoms with E-state index in [1.54, 1.807) is 6.20 Å². The molecule has 4 nitrogen and oxygen atoms in total. The van der Waals surface area contributed by atoms with Crippen molar-refractivity contribution >= 4 is 6.41 Å². The number of nitrogens with zero attached hydrogens (tertiary/aromatic N) is 2. The van der Waals surface area contributed by atoms with E-state index >= 15 is 0 Å². The molecule has 0 aliphatic carbocycles. The highest BCUT2D eigenvalue weighted by Gasteiger charge is 2.01. The SMILES string of the molecule is Cn1nccc1-c1ccc(CNC=O)cc1. The molecule has 1 N–H and O–H groups in total. The van der Waals surface area contributed by atoms with Gasteiger partial charge in [-0.15, -0.1) is 0 Å². The summed E-state index contributed by atoms with van der Waals surface area (Å²) in [6, 6.07) is 10.0. The third-order valence-corrected chi connectivity index (χ3v) is 2.46. The van der Waals surface area contributed by atoms with Crippen LogP contribution in [0.15, 0.2) is 36.5 Å². The van der Waals surface area contributed by atoms with Crippen LogP contribution in [0.4, 0.5) is 0 Å². The molecule has 0 radical (unpaired) electrons. The quantitative estimate of drug-likeness (QED) is 0.782. The second kappa shape index (κ2) is 4.61. The minimum absolute atomic E-state index is 0.565. The molecule has 0 saturated carbocycles. The summed E-state index contributed by atoms with van der Waals surface area (Å²) in [7, 11) is 1.91. The summed E-state index contributed by atoms with van der Waals surface area (Å²) in [5, 5.41) is 6.76. The molecule has 1 heterocycles. The van der Waals surface area contributed by atoms with Crippen LogP contribution in [0.5, 0.6) is 0 Å². The Kier molecular flexibility index (Phi) is 3.00. The largest absolute Gasteiger partial charge is 0.355 e. The van der Waals surface area contributed by atoms with E-state index in [9.17, 15) is 4.79 Å². The summed E-state index contributed by atoms with van der Waals surface area (Å²) in [5.74, 6) is 0. The van der Waals surface area contributed by atoms with E-state index in [-0.39, 0.29) is 0 Å². The Hall–Kier alpha value is -2.10. The second-order valence-electron chi connectivity index (χ2n) is 3.54. The molecule has 0 saturated heterocycles. The van der Waals surface area contributed by atoms with Crippen molar-refractivity contribution in [2.24, 2.45) is 7.05 Å². The molecule has 1 aromatic heterocycles. The molecule has 0 spiro atoms. The molecule has 2 aromatic rings. The minimum atomic E-state index is 0.565. The van der Waals surface area contributed by atoms with Crippen LogP contribution in [-0.4, -0.2) is 16.2 Å². The Morgan fingerprint density at radius 3 is 2.62 bits per heavy atom. The van der Waals surface area contributed by atoms with E-state index in [1.807, 2.05) is 42.1 Å². The van der Waals surface area contributed by atoms with Gasteiger partial charge in [0.15, 0.2) is 0 Å². The Morgan fingerprint density at radius 1 is 1.31 bits per heavy atom. The van der Waals surface area contributed by atoms with Gasteiger partial charge in [-0.1, -0.05) is 24.3 Å². The van der Waals surface area contributed by atoms with Crippen molar-refractivity contribution in [3.05, 3.63) is 42.1 Å². The van der Waals surface area contributed by atoms with Gasteiger partial charge >= 0.3 is 0 Å². The van der Waals surface area contributed by atoms with E-state index in [4.69, 9.17) is 0 Å². The van der Waals surface area contributed by atoms with Crippen LogP contribution in [0.3, 0.4) is 0 Å². The Balaban J connectivity index is 2.19. The highest BCUT2D eigenvalue weighted by molar-refractivity contribution is 5.59. The van der Waals surface area contributed by atoms with Crippen molar-refractivity contribution in [3.8, 4) is 11.3 Å². The molecule has 0 bridgehead atoms. The summed E-state index contributed by atoms with van der Waals surface area (Å²) in [6.07, 6.45) is 2.48. The van der Waals surface area contributed by atoms with Crippen LogP contribution >= 0.6 is 0 Å². The maximum atomic E-state index is 10.2. The number of carbonyl (C=O) groups is 1. The molecule has 0 aliphatic heterocycles. The molecule has 4 heteroatoms. The Bertz CT molecular complexity index is 473. The number of hydrogen-bond donors (Lipinski definition) is 1. The fourth-order valence-electron chi connectivity index (χ4n) is 1.61. The van der Waals surface area contributed by atoms with E-state index in [0.717, 1.165) is 16.8 Å². The lowest BCUT2D eigenvalue weighted by Crippen LogP contribution is -2.09. The first-order valence-corrected chi connectivity index (χ1v) is 5.05. The van der Waals surface area contributed by atoms with E-state index in [2.05, 4.69) is 10.4 Å². The first-order valence-electron chi connectivity index (χ1n) is 5.05. The van der Waals surface area contributed by atoms with Crippen molar-refractivity contribution in [1.82, 2.24) is 15.1 Å². The highest BCUT2D eigenvalue weighted by atomic mass is 16.1. The van der Waals surface area contributed by atoms with Gasteiger partial charge in [0.2, 0.25) is 6.41 Å². The second-order valence-corrected chi connectivity index (χ2v) is 3.54. The monoisotopic (exact) mass is 215 g/mol. The van der Waals surface area contributed by atoms with Gasteiger partial charge in [0.05, 0.1) is 5.69 Å². The Morgan fingerprint density at radius 2 is 2.06 bits per heavy atom. The van der Waals surface area contributed by atoms with Crippen molar-refractivity contribution in [2.45, 2.75) is 6.54 Å². The third kappa shape index (κ3) is 2.11. The average molecular weight is 215 g/mol. The topological polar surface area (TPSA) is 46.9 Å². The molecule has 0 unspecified atom stereocenters. The lowest BCUT2D eigenvalue weighted by molar-refractivity contribution is -0.109. The number of nitrogens with one attached hydrogen (secondary N) is 1. The molecule has 0 aliphatic rings. The molecular formula is C12H13N3O. The summed E-state index contributed by atoms with van der Waals surface area (Å²) in [5.41, 5.74) is 3.28. The van der Waals surface area contributed by atoms with E-state index in [1.165, 1.54) is 0 Å². The highest BCUT2D eigenvalue weighted by Crippen LogP contribution is 2.18. The lowest BCUT2D eigenvalue weighted by atomic mass is 10.1. The van der Waals surface area contributed by atoms with Gasteiger partial charge in [-0.3, -0.25) is 9.48 Å². The summed E-state index contributed by atoms with van der Waals surface area (Å²) < 4.78 is 1.83. The molecule has 1 aromatic carbocycles. The van der Waals surface area contributed by atoms with Gasteiger partial charge < -0.3 is 5.32 Å². The number of benzene rings is 1. The van der Waals surface area contributed by atoms with Crippen LogP contribution in [0, 0.1) is 0 Å². The van der Waals surface area contributed by atoms with Crippen molar-refractivity contribution in [2.75, 3.05) is 0 Å². The van der Waals surface area contributed by atoms with Crippen molar-refractivity contribution in [3.63, 3.8) is 0 Å². The van der Waals surface area contributed by atoms with Gasteiger partial charge in [0, 0.05) is 19.8 Å². The number of hydrogen-bond acceptors (Lipinski definition) is 2. The first kappa shape index (κ1) is 10.4. The molecule has 0 fully saturated rings. The summed E-state index contributed by atoms with van der Waals surface area (Å²) >= 11 is 0. The van der Waals surface area contributed by atoms with Crippen LogP contribution < -0.4 is 5.32 Å². The number of rotatable bonds is 4. The number of aromatic nitrogens is 2. The number of aryl methyl sites for hydroxylation is 1. The number of carbonyl (C=O) groups excluding carboxylic acids is 1. The Labute approximate surface area is 93.9 Å². The number of amides is 1. The molecule has 1 amide bonds.